The molecule has 1 N–H and O–H groups in total. The maximum atomic E-state index is 12.3. The number of nitrogens with zero attached hydrogens (tertiary/aromatic N) is 1. The summed E-state index contributed by atoms with van der Waals surface area (Å²) < 4.78 is 10.4. The number of aryl methyl sites for hydroxylation is 1. The minimum Gasteiger partial charge on any atom is -0.497 e. The molecule has 0 aromatic heterocycles. The number of carbonyl (C=O) groups excluding carboxylic acids is 1. The van der Waals surface area contributed by atoms with E-state index in [1.807, 2.05) is 36.9 Å². The molecule has 0 saturated carbocycles. The molecule has 1 aliphatic rings. The van der Waals surface area contributed by atoms with Crippen molar-refractivity contribution in [3.8, 4) is 5.75 Å². The molecule has 1 heterocycles. The number of nitrogens with one attached hydrogen (secondary N) is 1. The quantitative estimate of drug-likeness (QED) is 0.910. The summed E-state index contributed by atoms with van der Waals surface area (Å²) in [6, 6.07) is 5.53. The van der Waals surface area contributed by atoms with Crippen LogP contribution in [0, 0.1) is 6.92 Å². The first-order valence-electron chi connectivity index (χ1n) is 6.89. The lowest BCUT2D eigenvalue weighted by Crippen LogP contribution is -2.47. The Bertz CT molecular complexity index is 470. The first-order valence-corrected chi connectivity index (χ1v) is 6.89. The Morgan fingerprint density at radius 3 is 2.70 bits per heavy atom. The number of carbonyl (C=O) groups is 1. The summed E-state index contributed by atoms with van der Waals surface area (Å²) in [5, 5.41) is 3.27. The van der Waals surface area contributed by atoms with E-state index in [1.165, 1.54) is 0 Å². The molecule has 0 spiro atoms. The van der Waals surface area contributed by atoms with E-state index in [-0.39, 0.29) is 11.9 Å². The lowest BCUT2D eigenvalue weighted by Gasteiger charge is -2.30. The van der Waals surface area contributed by atoms with E-state index >= 15 is 0 Å². The highest BCUT2D eigenvalue weighted by molar-refractivity contribution is 5.84. The molecule has 1 fully saturated rings. The highest BCUT2D eigenvalue weighted by Crippen LogP contribution is 2.22. The van der Waals surface area contributed by atoms with Crippen molar-refractivity contribution in [3.63, 3.8) is 0 Å². The van der Waals surface area contributed by atoms with Gasteiger partial charge in [0, 0.05) is 18.8 Å². The zero-order valence-corrected chi connectivity index (χ0v) is 12.3. The number of benzene rings is 1. The van der Waals surface area contributed by atoms with Crippen LogP contribution in [-0.2, 0) is 9.53 Å². The largest absolute Gasteiger partial charge is 0.497 e. The van der Waals surface area contributed by atoms with Gasteiger partial charge in [0.15, 0.2) is 0 Å². The van der Waals surface area contributed by atoms with E-state index in [9.17, 15) is 4.79 Å². The van der Waals surface area contributed by atoms with Crippen LogP contribution < -0.4 is 10.1 Å². The van der Waals surface area contributed by atoms with E-state index in [0.29, 0.717) is 26.3 Å². The first kappa shape index (κ1) is 14.7. The van der Waals surface area contributed by atoms with Crippen molar-refractivity contribution >= 4 is 11.6 Å². The van der Waals surface area contributed by atoms with Gasteiger partial charge in [-0.05, 0) is 37.6 Å². The van der Waals surface area contributed by atoms with Gasteiger partial charge in [0.25, 0.3) is 0 Å². The minimum absolute atomic E-state index is 0.114. The molecule has 1 aromatic carbocycles. The fourth-order valence-electron chi connectivity index (χ4n) is 2.28. The third-order valence-corrected chi connectivity index (χ3v) is 3.50. The maximum absolute atomic E-state index is 12.3. The number of methoxy groups -OCH3 is 1. The summed E-state index contributed by atoms with van der Waals surface area (Å²) in [4.78, 5) is 14.2. The van der Waals surface area contributed by atoms with Gasteiger partial charge in [0.1, 0.15) is 11.8 Å². The Hall–Kier alpha value is -1.75. The zero-order chi connectivity index (χ0) is 14.5. The number of anilines is 1. The van der Waals surface area contributed by atoms with Gasteiger partial charge in [-0.3, -0.25) is 4.79 Å². The molecule has 1 aromatic rings. The molecule has 1 atom stereocenters. The predicted octanol–water partition coefficient (Wildman–Crippen LogP) is 1.66. The Labute approximate surface area is 119 Å². The molecule has 0 radical (unpaired) electrons. The molecule has 1 amide bonds. The van der Waals surface area contributed by atoms with E-state index in [2.05, 4.69) is 5.32 Å². The van der Waals surface area contributed by atoms with Gasteiger partial charge in [0.2, 0.25) is 5.91 Å². The summed E-state index contributed by atoms with van der Waals surface area (Å²) in [7, 11) is 1.65. The zero-order valence-electron chi connectivity index (χ0n) is 12.3. The highest BCUT2D eigenvalue weighted by Gasteiger charge is 2.22. The van der Waals surface area contributed by atoms with Crippen molar-refractivity contribution in [2.75, 3.05) is 38.7 Å². The molecule has 0 bridgehead atoms. The van der Waals surface area contributed by atoms with Gasteiger partial charge >= 0.3 is 0 Å². The molecule has 0 aliphatic carbocycles. The van der Waals surface area contributed by atoms with Crippen LogP contribution >= 0.6 is 0 Å². The van der Waals surface area contributed by atoms with E-state index in [0.717, 1.165) is 17.0 Å². The van der Waals surface area contributed by atoms with Crippen LogP contribution in [0.2, 0.25) is 0 Å². The monoisotopic (exact) mass is 278 g/mol. The summed E-state index contributed by atoms with van der Waals surface area (Å²) in [5.74, 6) is 0.934. The Balaban J connectivity index is 1.99. The molecule has 20 heavy (non-hydrogen) atoms. The summed E-state index contributed by atoms with van der Waals surface area (Å²) in [5.41, 5.74) is 2.02. The second-order valence-electron chi connectivity index (χ2n) is 4.98. The fraction of sp³-hybridized carbons (Fsp3) is 0.533. The van der Waals surface area contributed by atoms with Crippen LogP contribution in [0.15, 0.2) is 18.2 Å². The molecule has 1 unspecified atom stereocenters. The van der Waals surface area contributed by atoms with Gasteiger partial charge in [-0.1, -0.05) is 0 Å². The van der Waals surface area contributed by atoms with Crippen molar-refractivity contribution in [1.82, 2.24) is 4.90 Å². The van der Waals surface area contributed by atoms with E-state index in [4.69, 9.17) is 9.47 Å². The standard InChI is InChI=1S/C15H22N2O3/c1-11-10-13(19-3)4-5-14(11)16-12(2)15(18)17-6-8-20-9-7-17/h4-5,10,12,16H,6-9H2,1-3H3. The number of ether oxygens (including phenoxy) is 2. The second-order valence-corrected chi connectivity index (χ2v) is 4.98. The van der Waals surface area contributed by atoms with Gasteiger partial charge in [-0.2, -0.15) is 0 Å². The summed E-state index contributed by atoms with van der Waals surface area (Å²) in [6.07, 6.45) is 0. The van der Waals surface area contributed by atoms with E-state index < -0.39 is 0 Å². The topological polar surface area (TPSA) is 50.8 Å². The summed E-state index contributed by atoms with van der Waals surface area (Å²) in [6.45, 7) is 6.48. The Morgan fingerprint density at radius 2 is 2.10 bits per heavy atom. The van der Waals surface area contributed by atoms with E-state index in [1.54, 1.807) is 7.11 Å². The van der Waals surface area contributed by atoms with Crippen LogP contribution in [0.4, 0.5) is 5.69 Å². The lowest BCUT2D eigenvalue weighted by molar-refractivity contribution is -0.135. The second kappa shape index (κ2) is 6.61. The smallest absolute Gasteiger partial charge is 0.244 e. The van der Waals surface area contributed by atoms with Gasteiger partial charge in [0.05, 0.1) is 20.3 Å². The van der Waals surface area contributed by atoms with Gasteiger partial charge in [-0.15, -0.1) is 0 Å². The predicted molar refractivity (Wildman–Crippen MR) is 78.2 cm³/mol. The third kappa shape index (κ3) is 3.42. The van der Waals surface area contributed by atoms with Crippen molar-refractivity contribution in [2.24, 2.45) is 0 Å². The van der Waals surface area contributed by atoms with Crippen LogP contribution in [0.25, 0.3) is 0 Å². The number of hydrogen-bond donors (Lipinski definition) is 1. The molecule has 110 valence electrons. The minimum atomic E-state index is -0.250. The van der Waals surface area contributed by atoms with Gasteiger partial charge in [-0.25, -0.2) is 0 Å². The third-order valence-electron chi connectivity index (χ3n) is 3.50. The SMILES string of the molecule is COc1ccc(NC(C)C(=O)N2CCOCC2)c(C)c1. The number of morpholine rings is 1. The molecule has 2 rings (SSSR count). The lowest BCUT2D eigenvalue weighted by atomic mass is 10.1. The molecule has 1 saturated heterocycles. The van der Waals surface area contributed by atoms with Crippen LogP contribution in [-0.4, -0.2) is 50.3 Å². The number of rotatable bonds is 4. The highest BCUT2D eigenvalue weighted by atomic mass is 16.5. The Kier molecular flexibility index (Phi) is 4.84. The number of hydrogen-bond acceptors (Lipinski definition) is 4. The van der Waals surface area contributed by atoms with Crippen LogP contribution in [0.5, 0.6) is 5.75 Å². The fourth-order valence-corrected chi connectivity index (χ4v) is 2.28. The van der Waals surface area contributed by atoms with Crippen LogP contribution in [0.3, 0.4) is 0 Å². The van der Waals surface area contributed by atoms with Crippen molar-refractivity contribution in [2.45, 2.75) is 19.9 Å². The molecule has 1 aliphatic heterocycles. The average molecular weight is 278 g/mol. The number of amides is 1. The van der Waals surface area contributed by atoms with Crippen molar-refractivity contribution < 1.29 is 14.3 Å². The normalized spacial score (nSPS) is 16.6. The summed E-state index contributed by atoms with van der Waals surface area (Å²) >= 11 is 0. The molecular weight excluding hydrogens is 256 g/mol. The first-order chi connectivity index (χ1) is 9.61. The average Bonchev–Trinajstić information content (AvgIpc) is 2.49. The molecular formula is C15H22N2O3. The Morgan fingerprint density at radius 1 is 1.40 bits per heavy atom. The van der Waals surface area contributed by atoms with Crippen LogP contribution in [0.1, 0.15) is 12.5 Å². The van der Waals surface area contributed by atoms with Gasteiger partial charge < -0.3 is 19.7 Å². The maximum Gasteiger partial charge on any atom is 0.244 e. The van der Waals surface area contributed by atoms with Crippen molar-refractivity contribution in [3.05, 3.63) is 23.8 Å². The molecule has 5 nitrogen and oxygen atoms in total. The molecule has 5 heteroatoms. The van der Waals surface area contributed by atoms with Crippen molar-refractivity contribution in [1.29, 1.82) is 0 Å².